The first-order valence-corrected chi connectivity index (χ1v) is 9.20. The quantitative estimate of drug-likeness (QED) is 0.903. The minimum Gasteiger partial charge on any atom is -0.353 e. The number of hydrogen-bond donors (Lipinski definition) is 1. The molecular weight excluding hydrogens is 294 g/mol. The smallest absolute Gasteiger partial charge is 0.0614 e. The van der Waals surface area contributed by atoms with Gasteiger partial charge in [-0.05, 0) is 69.9 Å². The van der Waals surface area contributed by atoms with Crippen LogP contribution in [0.15, 0.2) is 48.7 Å². The van der Waals surface area contributed by atoms with Crippen molar-refractivity contribution >= 4 is 0 Å². The molecule has 2 heterocycles. The van der Waals surface area contributed by atoms with Crippen LogP contribution in [-0.2, 0) is 19.1 Å². The lowest BCUT2D eigenvalue weighted by Gasteiger charge is -2.45. The number of aromatic nitrogens is 1. The standard InChI is InChI=1S/C21H31N3/c1-21(20-12-8-16-23(20)2,19-11-7-14-22-15-13-19)24(3)17-18-9-5-4-6-10-18/h4-6,8-10,12,16,19,22H,7,11,13-15,17H2,1-3H3. The number of nitrogens with one attached hydrogen (secondary N) is 1. The van der Waals surface area contributed by atoms with Crippen molar-refractivity contribution in [2.45, 2.75) is 38.3 Å². The summed E-state index contributed by atoms with van der Waals surface area (Å²) in [6, 6.07) is 15.3. The minimum atomic E-state index is 0.0418. The zero-order valence-corrected chi connectivity index (χ0v) is 15.3. The fraction of sp³-hybridized carbons (Fsp3) is 0.524. The summed E-state index contributed by atoms with van der Waals surface area (Å²) < 4.78 is 2.31. The van der Waals surface area contributed by atoms with Crippen LogP contribution in [0.4, 0.5) is 0 Å². The molecule has 1 N–H and O–H groups in total. The van der Waals surface area contributed by atoms with Crippen molar-refractivity contribution in [3.8, 4) is 0 Å². The zero-order valence-electron chi connectivity index (χ0n) is 15.3. The van der Waals surface area contributed by atoms with Gasteiger partial charge in [0.2, 0.25) is 0 Å². The molecule has 130 valence electrons. The second kappa shape index (κ2) is 7.54. The summed E-state index contributed by atoms with van der Waals surface area (Å²) in [4.78, 5) is 2.56. The summed E-state index contributed by atoms with van der Waals surface area (Å²) in [7, 11) is 4.47. The molecule has 0 amide bonds. The molecule has 2 atom stereocenters. The highest BCUT2D eigenvalue weighted by atomic mass is 15.2. The molecule has 2 aromatic rings. The van der Waals surface area contributed by atoms with E-state index in [-0.39, 0.29) is 5.54 Å². The van der Waals surface area contributed by atoms with Crippen LogP contribution in [0, 0.1) is 5.92 Å². The van der Waals surface area contributed by atoms with Crippen LogP contribution in [0.3, 0.4) is 0 Å². The highest BCUT2D eigenvalue weighted by Gasteiger charge is 2.41. The maximum atomic E-state index is 3.57. The molecule has 1 aliphatic heterocycles. The SMILES string of the molecule is CN(Cc1ccccc1)C(C)(c1cccn1C)C1CCCNCC1. The lowest BCUT2D eigenvalue weighted by molar-refractivity contribution is 0.0473. The number of nitrogens with zero attached hydrogens (tertiary/aromatic N) is 2. The van der Waals surface area contributed by atoms with Crippen molar-refractivity contribution in [1.82, 2.24) is 14.8 Å². The molecule has 0 spiro atoms. The van der Waals surface area contributed by atoms with Crippen molar-refractivity contribution < 1.29 is 0 Å². The summed E-state index contributed by atoms with van der Waals surface area (Å²) in [6.45, 7) is 5.71. The molecule has 3 heteroatoms. The fourth-order valence-corrected chi connectivity index (χ4v) is 4.31. The van der Waals surface area contributed by atoms with Gasteiger partial charge in [0.15, 0.2) is 0 Å². The first kappa shape index (κ1) is 17.2. The number of aryl methyl sites for hydroxylation is 1. The van der Waals surface area contributed by atoms with Crippen LogP contribution >= 0.6 is 0 Å². The van der Waals surface area contributed by atoms with E-state index in [2.05, 4.69) is 84.5 Å². The van der Waals surface area contributed by atoms with E-state index < -0.39 is 0 Å². The number of rotatable bonds is 5. The van der Waals surface area contributed by atoms with Crippen molar-refractivity contribution in [3.63, 3.8) is 0 Å². The Kier molecular flexibility index (Phi) is 5.42. The van der Waals surface area contributed by atoms with Crippen molar-refractivity contribution in [2.75, 3.05) is 20.1 Å². The maximum absolute atomic E-state index is 3.57. The summed E-state index contributed by atoms with van der Waals surface area (Å²) >= 11 is 0. The number of benzene rings is 1. The van der Waals surface area contributed by atoms with Crippen LogP contribution in [0.25, 0.3) is 0 Å². The van der Waals surface area contributed by atoms with Crippen LogP contribution in [0.2, 0.25) is 0 Å². The van der Waals surface area contributed by atoms with E-state index in [1.54, 1.807) is 0 Å². The first-order chi connectivity index (χ1) is 11.6. The van der Waals surface area contributed by atoms with Gasteiger partial charge in [-0.25, -0.2) is 0 Å². The van der Waals surface area contributed by atoms with E-state index in [1.165, 1.54) is 30.5 Å². The van der Waals surface area contributed by atoms with Gasteiger partial charge >= 0.3 is 0 Å². The van der Waals surface area contributed by atoms with Gasteiger partial charge in [-0.15, -0.1) is 0 Å². The predicted octanol–water partition coefficient (Wildman–Crippen LogP) is 3.76. The Hall–Kier alpha value is -1.58. The molecule has 3 nitrogen and oxygen atoms in total. The molecule has 1 fully saturated rings. The molecule has 0 aliphatic carbocycles. The normalized spacial score (nSPS) is 21.4. The lowest BCUT2D eigenvalue weighted by atomic mass is 9.76. The van der Waals surface area contributed by atoms with E-state index in [9.17, 15) is 0 Å². The molecule has 24 heavy (non-hydrogen) atoms. The Morgan fingerprint density at radius 3 is 2.62 bits per heavy atom. The monoisotopic (exact) mass is 325 g/mol. The molecule has 0 bridgehead atoms. The summed E-state index contributed by atoms with van der Waals surface area (Å²) in [6.07, 6.45) is 5.97. The largest absolute Gasteiger partial charge is 0.353 e. The Morgan fingerprint density at radius 1 is 1.12 bits per heavy atom. The summed E-state index contributed by atoms with van der Waals surface area (Å²) in [5, 5.41) is 3.57. The molecule has 0 saturated carbocycles. The lowest BCUT2D eigenvalue weighted by Crippen LogP contribution is -2.48. The zero-order chi connectivity index (χ0) is 17.0. The van der Waals surface area contributed by atoms with Crippen molar-refractivity contribution in [3.05, 3.63) is 59.9 Å². The summed E-state index contributed by atoms with van der Waals surface area (Å²) in [5.74, 6) is 0.662. The predicted molar refractivity (Wildman–Crippen MR) is 101 cm³/mol. The van der Waals surface area contributed by atoms with E-state index in [1.807, 2.05) is 0 Å². The third kappa shape index (κ3) is 3.42. The average Bonchev–Trinajstić information content (AvgIpc) is 2.86. The van der Waals surface area contributed by atoms with Gasteiger partial charge < -0.3 is 9.88 Å². The third-order valence-corrected chi connectivity index (χ3v) is 5.89. The van der Waals surface area contributed by atoms with Gasteiger partial charge in [0.1, 0.15) is 0 Å². The highest BCUT2D eigenvalue weighted by Crippen LogP contribution is 2.40. The van der Waals surface area contributed by atoms with Crippen LogP contribution in [-0.4, -0.2) is 29.6 Å². The average molecular weight is 326 g/mol. The third-order valence-electron chi connectivity index (χ3n) is 5.89. The second-order valence-electron chi connectivity index (χ2n) is 7.37. The van der Waals surface area contributed by atoms with Crippen molar-refractivity contribution in [1.29, 1.82) is 0 Å². The molecule has 2 unspecified atom stereocenters. The van der Waals surface area contributed by atoms with E-state index >= 15 is 0 Å². The molecule has 1 aliphatic rings. The van der Waals surface area contributed by atoms with E-state index in [0.29, 0.717) is 5.92 Å². The Labute approximate surface area is 146 Å². The van der Waals surface area contributed by atoms with Gasteiger partial charge in [-0.2, -0.15) is 0 Å². The van der Waals surface area contributed by atoms with Gasteiger partial charge in [0.05, 0.1) is 5.54 Å². The second-order valence-corrected chi connectivity index (χ2v) is 7.37. The Bertz CT molecular complexity index is 626. The molecule has 3 rings (SSSR count). The minimum absolute atomic E-state index is 0.0418. The van der Waals surface area contributed by atoms with Gasteiger partial charge in [0.25, 0.3) is 0 Å². The Morgan fingerprint density at radius 2 is 1.92 bits per heavy atom. The molecular formula is C21H31N3. The maximum Gasteiger partial charge on any atom is 0.0614 e. The van der Waals surface area contributed by atoms with E-state index in [4.69, 9.17) is 0 Å². The topological polar surface area (TPSA) is 20.2 Å². The van der Waals surface area contributed by atoms with E-state index in [0.717, 1.165) is 19.6 Å². The fourth-order valence-electron chi connectivity index (χ4n) is 4.31. The molecule has 1 aromatic carbocycles. The van der Waals surface area contributed by atoms with Crippen LogP contribution in [0.1, 0.15) is 37.4 Å². The van der Waals surface area contributed by atoms with Crippen LogP contribution < -0.4 is 5.32 Å². The van der Waals surface area contributed by atoms with Crippen LogP contribution in [0.5, 0.6) is 0 Å². The first-order valence-electron chi connectivity index (χ1n) is 9.20. The van der Waals surface area contributed by atoms with Gasteiger partial charge in [-0.1, -0.05) is 30.3 Å². The molecule has 1 aromatic heterocycles. The Balaban J connectivity index is 1.93. The molecule has 1 saturated heterocycles. The highest BCUT2D eigenvalue weighted by molar-refractivity contribution is 5.21. The van der Waals surface area contributed by atoms with Gasteiger partial charge in [0, 0.05) is 25.5 Å². The van der Waals surface area contributed by atoms with Gasteiger partial charge in [-0.3, -0.25) is 4.90 Å². The van der Waals surface area contributed by atoms with Crippen molar-refractivity contribution in [2.24, 2.45) is 13.0 Å². The number of hydrogen-bond acceptors (Lipinski definition) is 2. The summed E-state index contributed by atoms with van der Waals surface area (Å²) in [5.41, 5.74) is 2.85. The molecule has 0 radical (unpaired) electrons.